The average molecular weight is 244 g/mol. The van der Waals surface area contributed by atoms with Crippen molar-refractivity contribution in [1.82, 2.24) is 4.90 Å². The van der Waals surface area contributed by atoms with Crippen LogP contribution in [0.15, 0.2) is 30.3 Å². The van der Waals surface area contributed by atoms with E-state index < -0.39 is 0 Å². The smallest absolute Gasteiger partial charge is 0.0416 e. The number of nitrogens with one attached hydrogen (secondary N) is 1. The van der Waals surface area contributed by atoms with Crippen LogP contribution in [-0.4, -0.2) is 30.1 Å². The van der Waals surface area contributed by atoms with E-state index in [0.29, 0.717) is 6.04 Å². The molecule has 1 N–H and O–H groups in total. The predicted octanol–water partition coefficient (Wildman–Crippen LogP) is 3.51. The maximum atomic E-state index is 3.75. The lowest BCUT2D eigenvalue weighted by atomic mass is 10.0. The van der Waals surface area contributed by atoms with Gasteiger partial charge in [0.2, 0.25) is 0 Å². The lowest BCUT2D eigenvalue weighted by Crippen LogP contribution is -2.46. The van der Waals surface area contributed by atoms with E-state index in [4.69, 9.17) is 0 Å². The summed E-state index contributed by atoms with van der Waals surface area (Å²) < 4.78 is 0. The van der Waals surface area contributed by atoms with Crippen molar-refractivity contribution in [2.45, 2.75) is 50.6 Å². The molecule has 1 aliphatic heterocycles. The van der Waals surface area contributed by atoms with Gasteiger partial charge in [0, 0.05) is 17.8 Å². The second kappa shape index (κ2) is 5.75. The maximum Gasteiger partial charge on any atom is 0.0416 e. The summed E-state index contributed by atoms with van der Waals surface area (Å²) in [4.78, 5) is 2.73. The molecule has 1 aromatic rings. The van der Waals surface area contributed by atoms with E-state index in [9.17, 15) is 0 Å². The number of para-hydroxylation sites is 1. The molecular weight excluding hydrogens is 220 g/mol. The zero-order valence-electron chi connectivity index (χ0n) is 11.1. The van der Waals surface area contributed by atoms with E-state index in [2.05, 4.69) is 40.5 Å². The van der Waals surface area contributed by atoms with Crippen LogP contribution in [0, 0.1) is 0 Å². The SMILES string of the molecule is c1ccc(N[C@@H]2CCC[C@@H]2N2CCCCC2)cc1. The monoisotopic (exact) mass is 244 g/mol. The van der Waals surface area contributed by atoms with Crippen LogP contribution in [0.25, 0.3) is 0 Å². The fourth-order valence-electron chi connectivity index (χ4n) is 3.54. The molecule has 0 aromatic heterocycles. The Morgan fingerprint density at radius 2 is 1.67 bits per heavy atom. The van der Waals surface area contributed by atoms with Crippen LogP contribution in [0.1, 0.15) is 38.5 Å². The molecule has 2 fully saturated rings. The standard InChI is InChI=1S/C16H24N2/c1-3-8-14(9-4-1)17-15-10-7-11-16(15)18-12-5-2-6-13-18/h1,3-4,8-9,15-17H,2,5-7,10-13H2/t15-,16+/m1/s1. The summed E-state index contributed by atoms with van der Waals surface area (Å²) >= 11 is 0. The molecular formula is C16H24N2. The van der Waals surface area contributed by atoms with Gasteiger partial charge in [0.15, 0.2) is 0 Å². The summed E-state index contributed by atoms with van der Waals surface area (Å²) in [5, 5.41) is 3.75. The van der Waals surface area contributed by atoms with Crippen molar-refractivity contribution in [2.75, 3.05) is 18.4 Å². The molecule has 0 bridgehead atoms. The van der Waals surface area contributed by atoms with E-state index in [1.807, 2.05) is 0 Å². The Morgan fingerprint density at radius 1 is 0.889 bits per heavy atom. The van der Waals surface area contributed by atoms with Crippen molar-refractivity contribution in [2.24, 2.45) is 0 Å². The molecule has 0 amide bonds. The molecule has 1 aromatic carbocycles. The third kappa shape index (κ3) is 2.69. The molecule has 18 heavy (non-hydrogen) atoms. The average Bonchev–Trinajstić information content (AvgIpc) is 2.89. The van der Waals surface area contributed by atoms with Crippen LogP contribution >= 0.6 is 0 Å². The molecule has 98 valence electrons. The van der Waals surface area contributed by atoms with Gasteiger partial charge in [-0.25, -0.2) is 0 Å². The molecule has 1 saturated heterocycles. The predicted molar refractivity (Wildman–Crippen MR) is 76.9 cm³/mol. The Hall–Kier alpha value is -1.02. The Balaban J connectivity index is 1.63. The Labute approximate surface area is 110 Å². The summed E-state index contributed by atoms with van der Waals surface area (Å²) in [6, 6.07) is 12.1. The number of likely N-dealkylation sites (tertiary alicyclic amines) is 1. The largest absolute Gasteiger partial charge is 0.381 e. The fraction of sp³-hybridized carbons (Fsp3) is 0.625. The number of nitrogens with zero attached hydrogens (tertiary/aromatic N) is 1. The Morgan fingerprint density at radius 3 is 2.44 bits per heavy atom. The van der Waals surface area contributed by atoms with Gasteiger partial charge in [0.05, 0.1) is 0 Å². The van der Waals surface area contributed by atoms with Crippen LogP contribution in [0.2, 0.25) is 0 Å². The van der Waals surface area contributed by atoms with Gasteiger partial charge in [-0.1, -0.05) is 24.6 Å². The molecule has 0 unspecified atom stereocenters. The van der Waals surface area contributed by atoms with Gasteiger partial charge >= 0.3 is 0 Å². The first-order chi connectivity index (χ1) is 8.93. The molecule has 1 saturated carbocycles. The van der Waals surface area contributed by atoms with Crippen molar-refractivity contribution in [3.05, 3.63) is 30.3 Å². The fourth-order valence-corrected chi connectivity index (χ4v) is 3.54. The third-order valence-electron chi connectivity index (χ3n) is 4.47. The van der Waals surface area contributed by atoms with E-state index in [-0.39, 0.29) is 0 Å². The molecule has 0 spiro atoms. The topological polar surface area (TPSA) is 15.3 Å². The second-order valence-electron chi connectivity index (χ2n) is 5.71. The van der Waals surface area contributed by atoms with Crippen molar-refractivity contribution in [3.63, 3.8) is 0 Å². The van der Waals surface area contributed by atoms with Gasteiger partial charge in [0.1, 0.15) is 0 Å². The van der Waals surface area contributed by atoms with Gasteiger partial charge < -0.3 is 5.32 Å². The Kier molecular flexibility index (Phi) is 3.84. The Bertz CT molecular complexity index is 357. The van der Waals surface area contributed by atoms with Gasteiger partial charge in [-0.05, 0) is 57.3 Å². The number of hydrogen-bond donors (Lipinski definition) is 1. The van der Waals surface area contributed by atoms with Gasteiger partial charge in [-0.2, -0.15) is 0 Å². The van der Waals surface area contributed by atoms with E-state index in [1.165, 1.54) is 57.3 Å². The van der Waals surface area contributed by atoms with E-state index >= 15 is 0 Å². The quantitative estimate of drug-likeness (QED) is 0.875. The molecule has 1 aliphatic carbocycles. The number of rotatable bonds is 3. The van der Waals surface area contributed by atoms with Crippen molar-refractivity contribution < 1.29 is 0 Å². The lowest BCUT2D eigenvalue weighted by molar-refractivity contribution is 0.158. The van der Waals surface area contributed by atoms with Crippen LogP contribution < -0.4 is 5.32 Å². The van der Waals surface area contributed by atoms with Crippen LogP contribution in [0.4, 0.5) is 5.69 Å². The highest BCUT2D eigenvalue weighted by Gasteiger charge is 2.32. The number of anilines is 1. The molecule has 1 heterocycles. The van der Waals surface area contributed by atoms with Crippen LogP contribution in [0.3, 0.4) is 0 Å². The summed E-state index contributed by atoms with van der Waals surface area (Å²) in [5.74, 6) is 0. The highest BCUT2D eigenvalue weighted by Crippen LogP contribution is 2.29. The minimum atomic E-state index is 0.658. The number of hydrogen-bond acceptors (Lipinski definition) is 2. The molecule has 3 rings (SSSR count). The van der Waals surface area contributed by atoms with Crippen LogP contribution in [0.5, 0.6) is 0 Å². The second-order valence-corrected chi connectivity index (χ2v) is 5.71. The normalized spacial score (nSPS) is 29.3. The summed E-state index contributed by atoms with van der Waals surface area (Å²) in [7, 11) is 0. The summed E-state index contributed by atoms with van der Waals surface area (Å²) in [6.45, 7) is 2.63. The van der Waals surface area contributed by atoms with Crippen LogP contribution in [-0.2, 0) is 0 Å². The first kappa shape index (κ1) is 12.0. The first-order valence-corrected chi connectivity index (χ1v) is 7.49. The van der Waals surface area contributed by atoms with E-state index in [1.54, 1.807) is 0 Å². The van der Waals surface area contributed by atoms with Gasteiger partial charge in [-0.3, -0.25) is 4.90 Å². The molecule has 2 atom stereocenters. The lowest BCUT2D eigenvalue weighted by Gasteiger charge is -2.36. The summed E-state index contributed by atoms with van der Waals surface area (Å²) in [6.07, 6.45) is 8.31. The summed E-state index contributed by atoms with van der Waals surface area (Å²) in [5.41, 5.74) is 1.28. The first-order valence-electron chi connectivity index (χ1n) is 7.49. The van der Waals surface area contributed by atoms with Gasteiger partial charge in [-0.15, -0.1) is 0 Å². The highest BCUT2D eigenvalue weighted by atomic mass is 15.2. The molecule has 2 nitrogen and oxygen atoms in total. The number of benzene rings is 1. The zero-order valence-corrected chi connectivity index (χ0v) is 11.1. The van der Waals surface area contributed by atoms with Crippen molar-refractivity contribution in [3.8, 4) is 0 Å². The highest BCUT2D eigenvalue weighted by molar-refractivity contribution is 5.44. The minimum Gasteiger partial charge on any atom is -0.381 e. The third-order valence-corrected chi connectivity index (χ3v) is 4.47. The molecule has 2 aliphatic rings. The minimum absolute atomic E-state index is 0.658. The molecule has 2 heteroatoms. The van der Waals surface area contributed by atoms with Crippen molar-refractivity contribution in [1.29, 1.82) is 0 Å². The van der Waals surface area contributed by atoms with E-state index in [0.717, 1.165) is 6.04 Å². The zero-order chi connectivity index (χ0) is 12.2. The number of piperidine rings is 1. The maximum absolute atomic E-state index is 3.75. The van der Waals surface area contributed by atoms with Crippen molar-refractivity contribution >= 4 is 5.69 Å². The van der Waals surface area contributed by atoms with Gasteiger partial charge in [0.25, 0.3) is 0 Å². The molecule has 0 radical (unpaired) electrons.